The Morgan fingerprint density at radius 1 is 1.25 bits per heavy atom. The normalized spacial score (nSPS) is 22.1. The lowest BCUT2D eigenvalue weighted by Crippen LogP contribution is -2.41. The summed E-state index contributed by atoms with van der Waals surface area (Å²) in [6.07, 6.45) is 4.44. The molecule has 4 N–H and O–H groups in total. The zero-order chi connectivity index (χ0) is 25.7. The van der Waals surface area contributed by atoms with Gasteiger partial charge in [0.25, 0.3) is 0 Å². The Balaban J connectivity index is 1.39. The van der Waals surface area contributed by atoms with Crippen LogP contribution in [0.4, 0.5) is 31.9 Å². The minimum absolute atomic E-state index is 0.0242. The maximum absolute atomic E-state index is 14.5. The van der Waals surface area contributed by atoms with Gasteiger partial charge in [-0.15, -0.1) is 0 Å². The Morgan fingerprint density at radius 2 is 2.08 bits per heavy atom. The van der Waals surface area contributed by atoms with Crippen molar-refractivity contribution in [3.8, 4) is 0 Å². The second-order valence-electron chi connectivity index (χ2n) is 9.78. The third-order valence-electron chi connectivity index (χ3n) is 6.61. The molecule has 2 heterocycles. The van der Waals surface area contributed by atoms with Crippen molar-refractivity contribution in [1.29, 1.82) is 0 Å². The summed E-state index contributed by atoms with van der Waals surface area (Å²) >= 11 is 6.50. The Morgan fingerprint density at radius 3 is 2.83 bits per heavy atom. The van der Waals surface area contributed by atoms with Gasteiger partial charge in [0.2, 0.25) is 11.9 Å². The third kappa shape index (κ3) is 6.73. The van der Waals surface area contributed by atoms with E-state index in [2.05, 4.69) is 36.1 Å². The number of nitrogens with zero attached hydrogens (tertiary/aromatic N) is 3. The van der Waals surface area contributed by atoms with E-state index in [1.807, 2.05) is 26.0 Å². The van der Waals surface area contributed by atoms with E-state index in [4.69, 9.17) is 11.6 Å². The number of nitrogens with one attached hydrogen (secondary N) is 4. The van der Waals surface area contributed by atoms with Gasteiger partial charge in [0.15, 0.2) is 11.6 Å². The van der Waals surface area contributed by atoms with Crippen LogP contribution in [-0.4, -0.2) is 65.2 Å². The van der Waals surface area contributed by atoms with Crippen molar-refractivity contribution in [3.05, 3.63) is 35.2 Å². The zero-order valence-corrected chi connectivity index (χ0v) is 21.4. The van der Waals surface area contributed by atoms with Crippen LogP contribution < -0.4 is 21.3 Å². The lowest BCUT2D eigenvalue weighted by molar-refractivity contribution is -0.125. The van der Waals surface area contributed by atoms with E-state index in [0.717, 1.165) is 50.7 Å². The number of hydrogen-bond acceptors (Lipinski definition) is 7. The van der Waals surface area contributed by atoms with Crippen LogP contribution in [0.15, 0.2) is 24.4 Å². The minimum Gasteiger partial charge on any atom is -0.380 e. The predicted molar refractivity (Wildman–Crippen MR) is 139 cm³/mol. The molecule has 0 unspecified atom stereocenters. The number of amides is 1. The van der Waals surface area contributed by atoms with E-state index in [1.54, 1.807) is 6.07 Å². The lowest BCUT2D eigenvalue weighted by atomic mass is 10.0. The van der Waals surface area contributed by atoms with E-state index >= 15 is 0 Å². The average molecular weight is 522 g/mol. The van der Waals surface area contributed by atoms with Gasteiger partial charge in [-0.25, -0.2) is 13.8 Å². The first kappa shape index (κ1) is 26.3. The Hall–Kier alpha value is -2.72. The van der Waals surface area contributed by atoms with Gasteiger partial charge in [-0.2, -0.15) is 4.98 Å². The lowest BCUT2D eigenvalue weighted by Gasteiger charge is -2.22. The summed E-state index contributed by atoms with van der Waals surface area (Å²) in [6, 6.07) is 5.52. The first-order valence-corrected chi connectivity index (χ1v) is 12.9. The summed E-state index contributed by atoms with van der Waals surface area (Å²) in [6.45, 7) is 5.59. The maximum atomic E-state index is 14.5. The number of carbonyl (C=O) groups is 1. The molecule has 11 heteroatoms. The van der Waals surface area contributed by atoms with E-state index in [1.165, 1.54) is 0 Å². The number of alkyl halides is 1. The molecule has 196 valence electrons. The summed E-state index contributed by atoms with van der Waals surface area (Å²) in [4.78, 5) is 23.0. The van der Waals surface area contributed by atoms with Crippen molar-refractivity contribution in [2.24, 2.45) is 5.92 Å². The van der Waals surface area contributed by atoms with Crippen molar-refractivity contribution in [3.63, 3.8) is 0 Å². The van der Waals surface area contributed by atoms with Gasteiger partial charge in [0.05, 0.1) is 22.8 Å². The van der Waals surface area contributed by atoms with E-state index < -0.39 is 5.82 Å². The molecule has 0 bridgehead atoms. The van der Waals surface area contributed by atoms with Crippen molar-refractivity contribution >= 4 is 40.6 Å². The predicted octanol–water partition coefficient (Wildman–Crippen LogP) is 4.57. The first-order chi connectivity index (χ1) is 17.3. The Kier molecular flexibility index (Phi) is 8.79. The molecule has 0 radical (unpaired) electrons. The highest BCUT2D eigenvalue weighted by molar-refractivity contribution is 6.33. The van der Waals surface area contributed by atoms with Gasteiger partial charge in [0.1, 0.15) is 6.67 Å². The van der Waals surface area contributed by atoms with Crippen LogP contribution in [0.1, 0.15) is 39.5 Å². The molecule has 8 nitrogen and oxygen atoms in total. The summed E-state index contributed by atoms with van der Waals surface area (Å²) in [5.41, 5.74) is 1.45. The first-order valence-electron chi connectivity index (χ1n) is 12.5. The van der Waals surface area contributed by atoms with Gasteiger partial charge in [0, 0.05) is 43.4 Å². The molecule has 2 aromatic rings. The smallest absolute Gasteiger partial charge is 0.229 e. The van der Waals surface area contributed by atoms with Crippen LogP contribution in [0.2, 0.25) is 5.02 Å². The minimum atomic E-state index is -0.577. The second-order valence-corrected chi connectivity index (χ2v) is 10.2. The molecule has 1 aromatic heterocycles. The fraction of sp³-hybridized carbons (Fsp3) is 0.560. The van der Waals surface area contributed by atoms with Gasteiger partial charge in [-0.3, -0.25) is 9.69 Å². The number of carbonyl (C=O) groups excluding carboxylic acids is 1. The van der Waals surface area contributed by atoms with Crippen LogP contribution >= 0.6 is 11.6 Å². The molecule has 1 saturated heterocycles. The third-order valence-corrected chi connectivity index (χ3v) is 6.92. The number of anilines is 4. The molecule has 1 aromatic carbocycles. The number of rotatable bonds is 10. The number of benzene rings is 1. The van der Waals surface area contributed by atoms with Crippen LogP contribution in [0, 0.1) is 11.7 Å². The van der Waals surface area contributed by atoms with Gasteiger partial charge in [-0.05, 0) is 51.3 Å². The molecular formula is C25H34ClF2N7O. The van der Waals surface area contributed by atoms with Crippen molar-refractivity contribution in [1.82, 2.24) is 20.2 Å². The standard InChI is InChI=1S/C25H34ClF2N7O/c1-15(2)30-24(36)18-4-3-5-21(18)33-23-20(28)13-29-25(34-23)32-16-6-7-22(19(26)12-16)31-17-8-10-35(14-17)11-9-27/h6-7,12-13,15,17-18,21,31H,3-5,8-11,14H2,1-2H3,(H,30,36)(H2,29,32,33,34)/t17-,18-,21+/m0/s1. The fourth-order valence-electron chi connectivity index (χ4n) is 4.87. The summed E-state index contributed by atoms with van der Waals surface area (Å²) in [5, 5.41) is 13.1. The van der Waals surface area contributed by atoms with E-state index in [9.17, 15) is 13.6 Å². The number of hydrogen-bond donors (Lipinski definition) is 4. The molecule has 1 amide bonds. The Labute approximate surface area is 215 Å². The highest BCUT2D eigenvalue weighted by atomic mass is 35.5. The average Bonchev–Trinajstić information content (AvgIpc) is 3.47. The van der Waals surface area contributed by atoms with Crippen molar-refractivity contribution < 1.29 is 13.6 Å². The molecular weight excluding hydrogens is 488 g/mol. The SMILES string of the molecule is CC(C)NC(=O)[C@H]1CCC[C@H]1Nc1nc(Nc2ccc(N[C@H]3CCN(CCF)C3)c(Cl)c2)ncc1F. The number of likely N-dealkylation sites (tertiary alicyclic amines) is 1. The number of halogens is 3. The zero-order valence-electron chi connectivity index (χ0n) is 20.7. The van der Waals surface area contributed by atoms with Crippen molar-refractivity contribution in [2.75, 3.05) is 42.3 Å². The quantitative estimate of drug-likeness (QED) is 0.364. The van der Waals surface area contributed by atoms with Crippen LogP contribution in [-0.2, 0) is 4.79 Å². The molecule has 3 atom stereocenters. The van der Waals surface area contributed by atoms with Crippen LogP contribution in [0.3, 0.4) is 0 Å². The summed E-state index contributed by atoms with van der Waals surface area (Å²) in [5.74, 6) is -0.559. The highest BCUT2D eigenvalue weighted by Crippen LogP contribution is 2.31. The molecule has 2 aliphatic rings. The highest BCUT2D eigenvalue weighted by Gasteiger charge is 2.34. The second kappa shape index (κ2) is 12.0. The van der Waals surface area contributed by atoms with Crippen LogP contribution in [0.5, 0.6) is 0 Å². The van der Waals surface area contributed by atoms with Crippen LogP contribution in [0.25, 0.3) is 0 Å². The maximum Gasteiger partial charge on any atom is 0.229 e. The molecule has 2 fully saturated rings. The molecule has 1 aliphatic carbocycles. The fourth-order valence-corrected chi connectivity index (χ4v) is 5.11. The van der Waals surface area contributed by atoms with Gasteiger partial charge in [-0.1, -0.05) is 18.0 Å². The van der Waals surface area contributed by atoms with Gasteiger partial charge < -0.3 is 21.3 Å². The molecule has 1 saturated carbocycles. The molecule has 36 heavy (non-hydrogen) atoms. The van der Waals surface area contributed by atoms with Crippen molar-refractivity contribution in [2.45, 2.75) is 57.7 Å². The molecule has 0 spiro atoms. The van der Waals surface area contributed by atoms with Gasteiger partial charge >= 0.3 is 0 Å². The summed E-state index contributed by atoms with van der Waals surface area (Å²) < 4.78 is 27.1. The summed E-state index contributed by atoms with van der Waals surface area (Å²) in [7, 11) is 0. The van der Waals surface area contributed by atoms with E-state index in [-0.39, 0.29) is 48.4 Å². The monoisotopic (exact) mass is 521 g/mol. The topological polar surface area (TPSA) is 94.2 Å². The Bertz CT molecular complexity index is 1060. The van der Waals surface area contributed by atoms with E-state index in [0.29, 0.717) is 17.3 Å². The molecule has 1 aliphatic heterocycles. The number of aromatic nitrogens is 2. The largest absolute Gasteiger partial charge is 0.380 e. The molecule has 4 rings (SSSR count).